The van der Waals surface area contributed by atoms with Crippen LogP contribution in [0.2, 0.25) is 0 Å². The zero-order valence-electron chi connectivity index (χ0n) is 16.0. The van der Waals surface area contributed by atoms with Crippen molar-refractivity contribution in [1.82, 2.24) is 15.5 Å². The Morgan fingerprint density at radius 1 is 1.08 bits per heavy atom. The van der Waals surface area contributed by atoms with E-state index in [1.807, 2.05) is 24.3 Å². The number of hydrogen-bond acceptors (Lipinski definition) is 2. The monoisotopic (exact) mass is 460 g/mol. The van der Waals surface area contributed by atoms with Gasteiger partial charge in [0, 0.05) is 39.3 Å². The van der Waals surface area contributed by atoms with Crippen molar-refractivity contribution in [3.8, 4) is 0 Å². The molecule has 0 aliphatic carbocycles. The summed E-state index contributed by atoms with van der Waals surface area (Å²) in [6, 6.07) is 7.73. The van der Waals surface area contributed by atoms with Crippen LogP contribution in [0.1, 0.15) is 55.5 Å². The number of benzene rings is 1. The first-order valence-electron chi connectivity index (χ1n) is 8.91. The van der Waals surface area contributed by atoms with Gasteiger partial charge in [-0.15, -0.1) is 24.0 Å². The third-order valence-corrected chi connectivity index (χ3v) is 3.90. The Hall–Kier alpha value is -1.31. The standard InChI is InChI=1S/C19H32N4O.HI/c1-5-7-13-21-18(24)17-11-9-16(10-12-17)15-22-19(20-3)23(4)14-8-6-2;/h9-12H,5-8,13-15H2,1-4H3,(H,20,22)(H,21,24);1H. The lowest BCUT2D eigenvalue weighted by molar-refractivity contribution is 0.0953. The largest absolute Gasteiger partial charge is 0.352 e. The summed E-state index contributed by atoms with van der Waals surface area (Å²) < 4.78 is 0. The smallest absolute Gasteiger partial charge is 0.251 e. The van der Waals surface area contributed by atoms with Crippen molar-refractivity contribution in [3.05, 3.63) is 35.4 Å². The maximum atomic E-state index is 12.0. The van der Waals surface area contributed by atoms with E-state index in [0.29, 0.717) is 12.1 Å². The molecule has 0 aliphatic heterocycles. The van der Waals surface area contributed by atoms with Gasteiger partial charge >= 0.3 is 0 Å². The van der Waals surface area contributed by atoms with E-state index in [4.69, 9.17) is 0 Å². The molecular weight excluding hydrogens is 427 g/mol. The van der Waals surface area contributed by atoms with Gasteiger partial charge in [0.05, 0.1) is 0 Å². The molecule has 6 heteroatoms. The number of carbonyl (C=O) groups is 1. The highest BCUT2D eigenvalue weighted by atomic mass is 127. The van der Waals surface area contributed by atoms with Gasteiger partial charge in [-0.25, -0.2) is 0 Å². The molecule has 1 aromatic carbocycles. The molecule has 0 aliphatic rings. The molecule has 0 unspecified atom stereocenters. The van der Waals surface area contributed by atoms with E-state index < -0.39 is 0 Å². The Balaban J connectivity index is 0.00000576. The van der Waals surface area contributed by atoms with Gasteiger partial charge in [-0.05, 0) is 30.5 Å². The summed E-state index contributed by atoms with van der Waals surface area (Å²) in [5.74, 6) is 0.892. The predicted octanol–water partition coefficient (Wildman–Crippen LogP) is 3.64. The molecule has 0 heterocycles. The highest BCUT2D eigenvalue weighted by Crippen LogP contribution is 2.05. The molecule has 0 atom stereocenters. The van der Waals surface area contributed by atoms with Crippen molar-refractivity contribution in [2.75, 3.05) is 27.2 Å². The van der Waals surface area contributed by atoms with Crippen LogP contribution in [0.5, 0.6) is 0 Å². The first-order valence-corrected chi connectivity index (χ1v) is 8.91. The number of halogens is 1. The molecule has 142 valence electrons. The lowest BCUT2D eigenvalue weighted by Crippen LogP contribution is -2.38. The first-order chi connectivity index (χ1) is 11.6. The molecule has 5 nitrogen and oxygen atoms in total. The Bertz CT molecular complexity index is 517. The molecule has 2 N–H and O–H groups in total. The van der Waals surface area contributed by atoms with E-state index >= 15 is 0 Å². The molecule has 25 heavy (non-hydrogen) atoms. The first kappa shape index (κ1) is 23.7. The summed E-state index contributed by atoms with van der Waals surface area (Å²) in [6.07, 6.45) is 4.42. The fourth-order valence-electron chi connectivity index (χ4n) is 2.32. The van der Waals surface area contributed by atoms with Gasteiger partial charge in [0.1, 0.15) is 0 Å². The molecule has 1 amide bonds. The van der Waals surface area contributed by atoms with Crippen molar-refractivity contribution in [1.29, 1.82) is 0 Å². The lowest BCUT2D eigenvalue weighted by Gasteiger charge is -2.21. The topological polar surface area (TPSA) is 56.7 Å². The van der Waals surface area contributed by atoms with Crippen LogP contribution in [0.3, 0.4) is 0 Å². The van der Waals surface area contributed by atoms with Gasteiger partial charge in [0.15, 0.2) is 5.96 Å². The molecule has 1 aromatic rings. The van der Waals surface area contributed by atoms with Crippen LogP contribution in [0, 0.1) is 0 Å². The van der Waals surface area contributed by atoms with E-state index in [0.717, 1.165) is 43.9 Å². The number of nitrogens with one attached hydrogen (secondary N) is 2. The van der Waals surface area contributed by atoms with Crippen LogP contribution >= 0.6 is 24.0 Å². The summed E-state index contributed by atoms with van der Waals surface area (Å²) in [4.78, 5) is 18.4. The zero-order valence-corrected chi connectivity index (χ0v) is 18.3. The molecule has 0 saturated carbocycles. The minimum atomic E-state index is -0.00179. The lowest BCUT2D eigenvalue weighted by atomic mass is 10.1. The third-order valence-electron chi connectivity index (χ3n) is 3.90. The summed E-state index contributed by atoms with van der Waals surface area (Å²) >= 11 is 0. The summed E-state index contributed by atoms with van der Waals surface area (Å²) in [7, 11) is 3.85. The van der Waals surface area contributed by atoms with Crippen molar-refractivity contribution in [2.45, 2.75) is 46.1 Å². The van der Waals surface area contributed by atoms with Crippen LogP contribution in [0.25, 0.3) is 0 Å². The average molecular weight is 460 g/mol. The van der Waals surface area contributed by atoms with Gasteiger partial charge in [-0.1, -0.05) is 38.8 Å². The van der Waals surface area contributed by atoms with Crippen molar-refractivity contribution in [2.24, 2.45) is 4.99 Å². The zero-order chi connectivity index (χ0) is 17.8. The Morgan fingerprint density at radius 2 is 1.72 bits per heavy atom. The minimum absolute atomic E-state index is 0. The Labute approximate surface area is 169 Å². The minimum Gasteiger partial charge on any atom is -0.352 e. The quantitative estimate of drug-likeness (QED) is 0.256. The van der Waals surface area contributed by atoms with Crippen LogP contribution in [0.4, 0.5) is 0 Å². The van der Waals surface area contributed by atoms with Crippen molar-refractivity contribution >= 4 is 35.8 Å². The Morgan fingerprint density at radius 3 is 2.28 bits per heavy atom. The van der Waals surface area contributed by atoms with Crippen LogP contribution < -0.4 is 10.6 Å². The average Bonchev–Trinajstić information content (AvgIpc) is 2.61. The van der Waals surface area contributed by atoms with Gasteiger partial charge in [0.25, 0.3) is 5.91 Å². The molecule has 0 aromatic heterocycles. The highest BCUT2D eigenvalue weighted by molar-refractivity contribution is 14.0. The summed E-state index contributed by atoms with van der Waals surface area (Å²) in [5, 5.41) is 6.29. The number of nitrogens with zero attached hydrogens (tertiary/aromatic N) is 2. The highest BCUT2D eigenvalue weighted by Gasteiger charge is 2.06. The molecule has 0 saturated heterocycles. The molecule has 0 radical (unpaired) electrons. The number of rotatable bonds is 9. The second kappa shape index (κ2) is 13.9. The van der Waals surface area contributed by atoms with Gasteiger partial charge in [0.2, 0.25) is 0 Å². The van der Waals surface area contributed by atoms with E-state index in [2.05, 4.69) is 41.4 Å². The molecular formula is C19H33IN4O. The molecule has 0 spiro atoms. The maximum absolute atomic E-state index is 12.0. The number of hydrogen-bond donors (Lipinski definition) is 2. The number of unbranched alkanes of at least 4 members (excludes halogenated alkanes) is 2. The number of amides is 1. The third kappa shape index (κ3) is 9.09. The molecule has 0 bridgehead atoms. The van der Waals surface area contributed by atoms with E-state index in [9.17, 15) is 4.79 Å². The summed E-state index contributed by atoms with van der Waals surface area (Å²) in [5.41, 5.74) is 1.84. The second-order valence-corrected chi connectivity index (χ2v) is 5.98. The number of guanidine groups is 1. The predicted molar refractivity (Wildman–Crippen MR) is 117 cm³/mol. The van der Waals surface area contributed by atoms with Crippen LogP contribution in [-0.4, -0.2) is 44.0 Å². The Kier molecular flexibility index (Phi) is 13.2. The van der Waals surface area contributed by atoms with Crippen LogP contribution in [-0.2, 0) is 6.54 Å². The molecule has 1 rings (SSSR count). The normalized spacial score (nSPS) is 10.8. The van der Waals surface area contributed by atoms with Crippen LogP contribution in [0.15, 0.2) is 29.3 Å². The second-order valence-electron chi connectivity index (χ2n) is 5.98. The van der Waals surface area contributed by atoms with Gasteiger partial charge in [-0.3, -0.25) is 9.79 Å². The van der Waals surface area contributed by atoms with E-state index in [1.54, 1.807) is 7.05 Å². The SMILES string of the molecule is CCCCNC(=O)c1ccc(CNC(=NC)N(C)CCCC)cc1.I. The number of carbonyl (C=O) groups excluding carboxylic acids is 1. The van der Waals surface area contributed by atoms with E-state index in [1.165, 1.54) is 6.42 Å². The fourth-order valence-corrected chi connectivity index (χ4v) is 2.32. The maximum Gasteiger partial charge on any atom is 0.251 e. The van der Waals surface area contributed by atoms with Crippen molar-refractivity contribution < 1.29 is 4.79 Å². The van der Waals surface area contributed by atoms with Crippen molar-refractivity contribution in [3.63, 3.8) is 0 Å². The van der Waals surface area contributed by atoms with Gasteiger partial charge < -0.3 is 15.5 Å². The fraction of sp³-hybridized carbons (Fsp3) is 0.579. The summed E-state index contributed by atoms with van der Waals surface area (Å²) in [6.45, 7) is 6.72. The van der Waals surface area contributed by atoms with Gasteiger partial charge in [-0.2, -0.15) is 0 Å². The number of aliphatic imine (C=N–C) groups is 1. The van der Waals surface area contributed by atoms with E-state index in [-0.39, 0.29) is 29.9 Å². The molecule has 0 fully saturated rings.